The van der Waals surface area contributed by atoms with Gasteiger partial charge < -0.3 is 13.7 Å². The molecule has 0 saturated heterocycles. The molecule has 0 N–H and O–H groups in total. The highest BCUT2D eigenvalue weighted by molar-refractivity contribution is 6.19. The quantitative estimate of drug-likeness (QED) is 0.176. The number of hydrogen-bond acceptors (Lipinski definition) is 3. The van der Waals surface area contributed by atoms with Crippen molar-refractivity contribution >= 4 is 60.9 Å². The van der Waals surface area contributed by atoms with E-state index >= 15 is 0 Å². The SMILES string of the molecule is Cc1ccc(N(c2ccc3c(c2)C(C)(C)c2cc4c(cc2-3)C(C)(C)c2ccc3oc5ccccc5c3c2-4)c2ccc3c(c2)C(C)(C)c2cc(-c4ccc(C)cc4C)c4oc5ccccc5c4c2-3)cc1. The van der Waals surface area contributed by atoms with Crippen LogP contribution in [-0.4, -0.2) is 0 Å². The molecule has 334 valence electrons. The van der Waals surface area contributed by atoms with Gasteiger partial charge in [-0.3, -0.25) is 0 Å². The van der Waals surface area contributed by atoms with Gasteiger partial charge in [-0.05, 0) is 171 Å². The van der Waals surface area contributed by atoms with E-state index in [2.05, 4.69) is 225 Å². The Hall–Kier alpha value is -7.62. The number of aryl methyl sites for hydroxylation is 3. The van der Waals surface area contributed by atoms with Gasteiger partial charge in [0.2, 0.25) is 0 Å². The van der Waals surface area contributed by atoms with E-state index in [1.807, 2.05) is 0 Å². The molecule has 2 heterocycles. The zero-order valence-electron chi connectivity index (χ0n) is 40.8. The first-order valence-corrected chi connectivity index (χ1v) is 24.6. The molecule has 0 amide bonds. The Morgan fingerprint density at radius 1 is 0.348 bits per heavy atom. The standard InChI is InChI=1S/C66H53NO2/c1-36-18-21-39(22-19-36)67(41-24-27-44-52(32-41)66(8,9)55-34-48(42-25-20-37(2)30-38(42)3)63-62(59(44)55)46-15-11-13-17-57(46)69-63)40-23-26-43-47-33-54-49(35-53(47)65(6,7)51(43)31-40)60-50(64(54,4)5)28-29-58-61(60)45-14-10-12-16-56(45)68-58/h10-35H,1-9H3. The lowest BCUT2D eigenvalue weighted by Gasteiger charge is -2.30. The van der Waals surface area contributed by atoms with Crippen LogP contribution < -0.4 is 4.90 Å². The molecule has 0 unspecified atom stereocenters. The Kier molecular flexibility index (Phi) is 7.94. The van der Waals surface area contributed by atoms with Crippen molar-refractivity contribution in [3.8, 4) is 44.5 Å². The molecule has 3 aliphatic carbocycles. The largest absolute Gasteiger partial charge is 0.456 e. The summed E-state index contributed by atoms with van der Waals surface area (Å²) in [7, 11) is 0. The normalized spacial score (nSPS) is 15.4. The summed E-state index contributed by atoms with van der Waals surface area (Å²) in [5.74, 6) is 0. The number of nitrogens with zero attached hydrogens (tertiary/aromatic N) is 1. The number of benzene rings is 9. The second kappa shape index (κ2) is 13.5. The third-order valence-corrected chi connectivity index (χ3v) is 16.7. The van der Waals surface area contributed by atoms with Gasteiger partial charge in [0.1, 0.15) is 22.3 Å². The van der Waals surface area contributed by atoms with Crippen LogP contribution in [0.5, 0.6) is 0 Å². The predicted molar refractivity (Wildman–Crippen MR) is 288 cm³/mol. The lowest BCUT2D eigenvalue weighted by Crippen LogP contribution is -2.18. The summed E-state index contributed by atoms with van der Waals surface area (Å²) in [5.41, 5.74) is 28.6. The van der Waals surface area contributed by atoms with Crippen molar-refractivity contribution in [2.75, 3.05) is 4.90 Å². The molecule has 0 atom stereocenters. The van der Waals surface area contributed by atoms with Crippen molar-refractivity contribution in [2.24, 2.45) is 0 Å². The molecule has 0 aliphatic heterocycles. The van der Waals surface area contributed by atoms with Crippen molar-refractivity contribution in [3.63, 3.8) is 0 Å². The maximum Gasteiger partial charge on any atom is 0.143 e. The average Bonchev–Trinajstić information content (AvgIpc) is 4.08. The maximum atomic E-state index is 6.86. The Morgan fingerprint density at radius 3 is 1.59 bits per heavy atom. The van der Waals surface area contributed by atoms with Crippen LogP contribution in [0.4, 0.5) is 17.1 Å². The molecule has 3 nitrogen and oxygen atoms in total. The topological polar surface area (TPSA) is 29.5 Å². The lowest BCUT2D eigenvalue weighted by molar-refractivity contribution is 0.651. The first-order valence-electron chi connectivity index (χ1n) is 24.6. The number of hydrogen-bond donors (Lipinski definition) is 0. The van der Waals surface area contributed by atoms with Gasteiger partial charge in [0, 0.05) is 60.4 Å². The monoisotopic (exact) mass is 891 g/mol. The summed E-state index contributed by atoms with van der Waals surface area (Å²) >= 11 is 0. The second-order valence-electron chi connectivity index (χ2n) is 21.9. The van der Waals surface area contributed by atoms with Crippen LogP contribution in [0.3, 0.4) is 0 Å². The number of fused-ring (bicyclic) bond motifs is 17. The van der Waals surface area contributed by atoms with Crippen LogP contribution in [0.2, 0.25) is 0 Å². The first-order chi connectivity index (χ1) is 33.2. The summed E-state index contributed by atoms with van der Waals surface area (Å²) < 4.78 is 13.3. The van der Waals surface area contributed by atoms with E-state index in [1.165, 1.54) is 105 Å². The Bertz CT molecular complexity index is 4070. The number of furan rings is 2. The van der Waals surface area contributed by atoms with Crippen molar-refractivity contribution in [3.05, 3.63) is 208 Å². The van der Waals surface area contributed by atoms with E-state index < -0.39 is 0 Å². The molecule has 0 saturated carbocycles. The summed E-state index contributed by atoms with van der Waals surface area (Å²) in [5, 5.41) is 4.77. The molecule has 2 aromatic heterocycles. The molecule has 11 aromatic rings. The fourth-order valence-electron chi connectivity index (χ4n) is 13.1. The van der Waals surface area contributed by atoms with Crippen molar-refractivity contribution in [2.45, 2.75) is 78.6 Å². The van der Waals surface area contributed by atoms with Gasteiger partial charge in [-0.15, -0.1) is 0 Å². The molecule has 0 bridgehead atoms. The van der Waals surface area contributed by atoms with Crippen LogP contribution >= 0.6 is 0 Å². The Balaban J connectivity index is 0.930. The van der Waals surface area contributed by atoms with Gasteiger partial charge in [0.25, 0.3) is 0 Å². The van der Waals surface area contributed by atoms with Crippen LogP contribution in [0.25, 0.3) is 88.4 Å². The van der Waals surface area contributed by atoms with Crippen LogP contribution in [-0.2, 0) is 16.2 Å². The van der Waals surface area contributed by atoms with Crippen molar-refractivity contribution in [1.29, 1.82) is 0 Å². The average molecular weight is 892 g/mol. The van der Waals surface area contributed by atoms with E-state index in [0.29, 0.717) is 0 Å². The predicted octanol–water partition coefficient (Wildman–Crippen LogP) is 18.5. The molecule has 3 aliphatic rings. The minimum absolute atomic E-state index is 0.167. The fraction of sp³-hybridized carbons (Fsp3) is 0.182. The van der Waals surface area contributed by atoms with E-state index in [4.69, 9.17) is 8.83 Å². The van der Waals surface area contributed by atoms with E-state index in [0.717, 1.165) is 50.3 Å². The number of rotatable bonds is 4. The van der Waals surface area contributed by atoms with Gasteiger partial charge in [-0.1, -0.05) is 138 Å². The number of anilines is 3. The first kappa shape index (κ1) is 40.4. The van der Waals surface area contributed by atoms with Gasteiger partial charge in [-0.2, -0.15) is 0 Å². The molecular weight excluding hydrogens is 839 g/mol. The van der Waals surface area contributed by atoms with E-state index in [-0.39, 0.29) is 16.2 Å². The zero-order chi connectivity index (χ0) is 47.0. The molecule has 0 spiro atoms. The third-order valence-electron chi connectivity index (χ3n) is 16.7. The van der Waals surface area contributed by atoms with Crippen LogP contribution in [0.15, 0.2) is 167 Å². The zero-order valence-corrected chi connectivity index (χ0v) is 40.8. The molecule has 69 heavy (non-hydrogen) atoms. The van der Waals surface area contributed by atoms with Gasteiger partial charge in [0.05, 0.1) is 0 Å². The summed E-state index contributed by atoms with van der Waals surface area (Å²) in [6.07, 6.45) is 0. The molecule has 0 radical (unpaired) electrons. The molecule has 3 heteroatoms. The van der Waals surface area contributed by atoms with E-state index in [1.54, 1.807) is 0 Å². The molecule has 14 rings (SSSR count). The minimum atomic E-state index is -0.289. The Morgan fingerprint density at radius 2 is 0.870 bits per heavy atom. The highest BCUT2D eigenvalue weighted by atomic mass is 16.3. The lowest BCUT2D eigenvalue weighted by atomic mass is 9.79. The third kappa shape index (κ3) is 5.34. The molecular formula is C66H53NO2. The van der Waals surface area contributed by atoms with Gasteiger partial charge in [0.15, 0.2) is 0 Å². The molecule has 9 aromatic carbocycles. The van der Waals surface area contributed by atoms with Gasteiger partial charge in [-0.25, -0.2) is 0 Å². The van der Waals surface area contributed by atoms with Crippen molar-refractivity contribution in [1.82, 2.24) is 0 Å². The number of para-hydroxylation sites is 2. The maximum absolute atomic E-state index is 6.86. The van der Waals surface area contributed by atoms with Gasteiger partial charge >= 0.3 is 0 Å². The minimum Gasteiger partial charge on any atom is -0.456 e. The molecule has 0 fully saturated rings. The highest BCUT2D eigenvalue weighted by Crippen LogP contribution is 2.60. The smallest absolute Gasteiger partial charge is 0.143 e. The summed E-state index contributed by atoms with van der Waals surface area (Å²) in [6, 6.07) is 59.2. The van der Waals surface area contributed by atoms with E-state index in [9.17, 15) is 0 Å². The fourth-order valence-corrected chi connectivity index (χ4v) is 13.1. The Labute approximate surface area is 403 Å². The van der Waals surface area contributed by atoms with Crippen LogP contribution in [0, 0.1) is 20.8 Å². The summed E-state index contributed by atoms with van der Waals surface area (Å²) in [4.78, 5) is 2.47. The van der Waals surface area contributed by atoms with Crippen LogP contribution in [0.1, 0.15) is 91.6 Å². The summed E-state index contributed by atoms with van der Waals surface area (Å²) in [6.45, 7) is 21.0. The highest BCUT2D eigenvalue weighted by Gasteiger charge is 2.44. The second-order valence-corrected chi connectivity index (χ2v) is 21.9. The van der Waals surface area contributed by atoms with Crippen molar-refractivity contribution < 1.29 is 8.83 Å².